The Balaban J connectivity index is 0.000000727. The van der Waals surface area contributed by atoms with Crippen molar-refractivity contribution in [3.05, 3.63) is 104 Å². The zero-order valence-electron chi connectivity index (χ0n) is 80.3. The number of carbonyl (C=O) groups is 6. The molecule has 30 nitrogen and oxygen atoms in total. The lowest BCUT2D eigenvalue weighted by molar-refractivity contribution is 0.0924. The summed E-state index contributed by atoms with van der Waals surface area (Å²) < 4.78 is 30.5. The average molecular weight is 1700 g/mol. The maximum absolute atomic E-state index is 12.2. The average Bonchev–Trinajstić information content (AvgIpc) is 1.71. The van der Waals surface area contributed by atoms with Crippen LogP contribution in [0.15, 0.2) is 45.3 Å². The maximum atomic E-state index is 12.2. The second-order valence-electron chi connectivity index (χ2n) is 34.6. The maximum Gasteiger partial charge on any atom is 0.273 e. The smallest absolute Gasteiger partial charge is 0.273 e. The molecule has 0 aromatic carbocycles. The minimum Gasteiger partial charge on any atom is -0.361 e. The number of nitrogens with zero attached hydrogens (tertiary/aromatic N) is 8. The van der Waals surface area contributed by atoms with Crippen molar-refractivity contribution in [2.45, 2.75) is 348 Å². The van der Waals surface area contributed by atoms with Crippen molar-refractivity contribution in [2.75, 3.05) is 93.6 Å². The molecule has 30 heteroatoms. The minimum absolute atomic E-state index is 0.0237. The van der Waals surface area contributed by atoms with Crippen LogP contribution in [-0.4, -0.2) is 203 Å². The molecule has 690 valence electrons. The van der Waals surface area contributed by atoms with E-state index < -0.39 is 0 Å². The fourth-order valence-corrected chi connectivity index (χ4v) is 11.6. The van der Waals surface area contributed by atoms with Gasteiger partial charge in [-0.25, -0.2) is 0 Å². The van der Waals surface area contributed by atoms with E-state index in [4.69, 9.17) is 27.1 Å². The Labute approximate surface area is 726 Å². The first-order valence-corrected chi connectivity index (χ1v) is 44.8. The lowest BCUT2D eigenvalue weighted by Gasteiger charge is -2.32. The molecule has 6 heterocycles. The van der Waals surface area contributed by atoms with Gasteiger partial charge in [-0.2, -0.15) is 0 Å². The van der Waals surface area contributed by atoms with Crippen LogP contribution in [0.5, 0.6) is 0 Å². The molecule has 121 heavy (non-hydrogen) atoms. The van der Waals surface area contributed by atoms with Crippen LogP contribution < -0.4 is 53.2 Å². The molecule has 0 aliphatic heterocycles. The zero-order chi connectivity index (χ0) is 91.6. The van der Waals surface area contributed by atoms with Crippen LogP contribution in [-0.2, 0) is 38.5 Å². The summed E-state index contributed by atoms with van der Waals surface area (Å²) in [6, 6.07) is 5.08. The fraction of sp³-hybridized carbons (Fsp3) is 0.736. The number of aromatic nitrogens is 6. The molecule has 2 atom stereocenters. The number of amides is 6. The molecule has 0 spiro atoms. The highest BCUT2D eigenvalue weighted by Gasteiger charge is 2.28. The van der Waals surface area contributed by atoms with Crippen LogP contribution in [0.1, 0.15) is 369 Å². The molecule has 0 bridgehead atoms. The van der Waals surface area contributed by atoms with Gasteiger partial charge in [-0.15, -0.1) is 0 Å². The molecule has 6 aromatic heterocycles. The Morgan fingerprint density at radius 1 is 0.306 bits per heavy atom. The van der Waals surface area contributed by atoms with Gasteiger partial charge in [-0.1, -0.05) is 140 Å². The third-order valence-corrected chi connectivity index (χ3v) is 22.5. The van der Waals surface area contributed by atoms with E-state index in [9.17, 15) is 28.8 Å². The van der Waals surface area contributed by atoms with Crippen molar-refractivity contribution in [3.63, 3.8) is 0 Å². The summed E-state index contributed by atoms with van der Waals surface area (Å²) in [5.41, 5.74) is 5.13. The second-order valence-corrected chi connectivity index (χ2v) is 34.6. The molecule has 0 aliphatic carbocycles. The summed E-state index contributed by atoms with van der Waals surface area (Å²) in [5.74, 6) is 3.58. The monoisotopic (exact) mass is 1700 g/mol. The van der Waals surface area contributed by atoms with E-state index in [1.807, 2.05) is 90.5 Å². The zero-order valence-corrected chi connectivity index (χ0v) is 80.3. The van der Waals surface area contributed by atoms with Crippen LogP contribution in [0.25, 0.3) is 0 Å². The first-order chi connectivity index (χ1) is 57.1. The Kier molecular flexibility index (Phi) is 53.2. The van der Waals surface area contributed by atoms with Crippen LogP contribution in [0.4, 0.5) is 0 Å². The number of nitrogens with one attached hydrogen (secondary N) is 10. The van der Waals surface area contributed by atoms with Crippen LogP contribution in [0.3, 0.4) is 0 Å². The molecule has 0 saturated carbocycles. The first-order valence-electron chi connectivity index (χ1n) is 44.8. The van der Waals surface area contributed by atoms with Crippen molar-refractivity contribution in [2.24, 2.45) is 0 Å². The number of rotatable bonds is 50. The first kappa shape index (κ1) is 111. The lowest BCUT2D eigenvalue weighted by Crippen LogP contribution is -2.45. The van der Waals surface area contributed by atoms with Crippen molar-refractivity contribution in [1.82, 2.24) is 93.9 Å². The van der Waals surface area contributed by atoms with Gasteiger partial charge in [0.25, 0.3) is 35.4 Å². The van der Waals surface area contributed by atoms with Gasteiger partial charge in [0.15, 0.2) is 34.2 Å². The number of carbonyl (C=O) groups excluding carboxylic acids is 6. The molecule has 2 unspecified atom stereocenters. The molecule has 6 amide bonds. The van der Waals surface area contributed by atoms with Gasteiger partial charge in [0.05, 0.1) is 0 Å². The summed E-state index contributed by atoms with van der Waals surface area (Å²) >= 11 is 0. The van der Waals surface area contributed by atoms with Gasteiger partial charge in [-0.05, 0) is 221 Å². The second kappa shape index (κ2) is 58.1. The molecule has 6 aromatic rings. The third kappa shape index (κ3) is 42.7. The highest BCUT2D eigenvalue weighted by Crippen LogP contribution is 2.21. The molecule has 0 saturated heterocycles. The van der Waals surface area contributed by atoms with Crippen LogP contribution >= 0.6 is 0 Å². The van der Waals surface area contributed by atoms with E-state index in [2.05, 4.69) is 205 Å². The number of unbranched alkanes of at least 4 members (excludes halogenated alkanes) is 4. The Morgan fingerprint density at radius 2 is 0.545 bits per heavy atom. The lowest BCUT2D eigenvalue weighted by atomic mass is 9.94. The van der Waals surface area contributed by atoms with E-state index in [-0.39, 0.29) is 68.7 Å². The molecule has 10 N–H and O–H groups in total. The summed E-state index contributed by atoms with van der Waals surface area (Å²) in [6.07, 6.45) is 21.3. The predicted octanol–water partition coefficient (Wildman–Crippen LogP) is 15.2. The summed E-state index contributed by atoms with van der Waals surface area (Å²) in [4.78, 5) is 76.2. The van der Waals surface area contributed by atoms with E-state index >= 15 is 0 Å². The highest BCUT2D eigenvalue weighted by molar-refractivity contribution is 5.95. The van der Waals surface area contributed by atoms with Gasteiger partial charge < -0.3 is 90.1 Å². The molecular formula is C91H164N18O12. The molecular weight excluding hydrogens is 1540 g/mol. The largest absolute Gasteiger partial charge is 0.361 e. The third-order valence-electron chi connectivity index (χ3n) is 22.5. The summed E-state index contributed by atoms with van der Waals surface area (Å²) in [5, 5.41) is 54.5. The summed E-state index contributed by atoms with van der Waals surface area (Å²) in [6.45, 7) is 60.0. The Hall–Kier alpha value is -8.16. The van der Waals surface area contributed by atoms with Crippen LogP contribution in [0.2, 0.25) is 0 Å². The van der Waals surface area contributed by atoms with E-state index in [1.165, 1.54) is 51.4 Å². The molecule has 6 rings (SSSR count). The topological polar surface area (TPSA) is 385 Å². The van der Waals surface area contributed by atoms with Crippen molar-refractivity contribution >= 4 is 35.4 Å². The Bertz CT molecular complexity index is 3860. The normalized spacial score (nSPS) is 12.5. The van der Waals surface area contributed by atoms with E-state index in [0.29, 0.717) is 73.4 Å². The SMILES string of the molecule is CCCCNC(C)(C)CCNC(=O)c1cc(CC)on1.CCCCNC(C)(C)CCNC(=O)c1noc(CC)c1C.CCCCNC(C)(CC)CCNC(=O)c1cc(CC)on1.CCCCNC(C)(CC)CCNC(=O)c1noc(CC)c1C.CCc1cc(C(=O)NCCC(C)(C)N(C)C)no1.CCc1onc(C(=O)NCCC(C)(C)N(C)C)c1C. The molecule has 0 fully saturated rings. The molecule has 0 aliphatic rings. The standard InChI is InChI=1S/C17H31N3O2.2C16H29N3O2.C15H27N3O2.C14H25N3O2.C13H23N3O2/c1-6-9-11-19-17(5,8-3)10-12-18-16(21)15-13(4)14(7-2)22-20-15;1-6-8-10-18-16(4,5)9-11-17-15(20)14-12(3)13(7-2)21-19-14;1-5-8-10-18-16(4,7-3)9-11-17-15(20)14-12-13(6-2)21-19-14;1-5-7-9-17-15(3,4)8-10-16-14(19)13-11-12(6-2)20-18-13;1-7-11-10(2)12(16-19-11)13(18)15-9-8-14(3,4)17(5)6;1-6-10-9-11(15-18-10)12(17)14-8-7-13(2,3)16(4)5/h19H,6-12H2,1-5H3,(H,18,21);18H,6-11H2,1-5H3,(H,17,20);12,18H,5-11H2,1-4H3,(H,17,20);11,17H,5-10H2,1-4H3,(H,16,19);7-9H2,1-6H3,(H,15,18);9H,6-8H2,1-5H3,(H,14,17). The summed E-state index contributed by atoms with van der Waals surface area (Å²) in [7, 11) is 8.15. The number of hydrogen-bond acceptors (Lipinski definition) is 24. The number of hydrogen-bond donors (Lipinski definition) is 10. The van der Waals surface area contributed by atoms with E-state index in [1.54, 1.807) is 18.2 Å². The fourth-order valence-electron chi connectivity index (χ4n) is 11.6. The predicted molar refractivity (Wildman–Crippen MR) is 484 cm³/mol. The van der Waals surface area contributed by atoms with Gasteiger partial charge in [-0.3, -0.25) is 28.8 Å². The van der Waals surface area contributed by atoms with Crippen LogP contribution in [0, 0.1) is 20.8 Å². The van der Waals surface area contributed by atoms with E-state index in [0.717, 1.165) is 167 Å². The molecule has 0 radical (unpaired) electrons. The van der Waals surface area contributed by atoms with Gasteiger partial charge >= 0.3 is 0 Å². The van der Waals surface area contributed by atoms with Crippen molar-refractivity contribution in [1.29, 1.82) is 0 Å². The van der Waals surface area contributed by atoms with Gasteiger partial charge in [0.2, 0.25) is 0 Å². The van der Waals surface area contributed by atoms with Gasteiger partial charge in [0.1, 0.15) is 34.6 Å². The Morgan fingerprint density at radius 3 is 0.760 bits per heavy atom. The highest BCUT2D eigenvalue weighted by atomic mass is 16.5. The minimum atomic E-state index is -0.173. The van der Waals surface area contributed by atoms with Crippen molar-refractivity contribution in [3.8, 4) is 0 Å². The quantitative estimate of drug-likeness (QED) is 0.0159. The number of aryl methyl sites for hydroxylation is 6. The van der Waals surface area contributed by atoms with Crippen molar-refractivity contribution < 1.29 is 55.9 Å². The van der Waals surface area contributed by atoms with Gasteiger partial charge in [0, 0.05) is 146 Å².